The van der Waals surface area contributed by atoms with Crippen molar-refractivity contribution in [2.75, 3.05) is 10.6 Å². The number of hydrogen-bond donors (Lipinski definition) is 2. The van der Waals surface area contributed by atoms with Crippen LogP contribution in [0.25, 0.3) is 0 Å². The Kier molecular flexibility index (Phi) is 4.47. The maximum Gasteiger partial charge on any atom is 0.229 e. The largest absolute Gasteiger partial charge is 0.366 e. The Hall–Kier alpha value is -2.95. The number of hydrogen-bond acceptors (Lipinski definition) is 4. The van der Waals surface area contributed by atoms with Gasteiger partial charge in [0.25, 0.3) is 0 Å². The second-order valence-electron chi connectivity index (χ2n) is 5.24. The zero-order valence-corrected chi connectivity index (χ0v) is 12.8. The molecule has 4 nitrogen and oxygen atoms in total. The first kappa shape index (κ1) is 15.0. The highest BCUT2D eigenvalue weighted by molar-refractivity contribution is 5.54. The molecule has 116 valence electrons. The fourth-order valence-corrected chi connectivity index (χ4v) is 2.08. The highest BCUT2D eigenvalue weighted by atomic mass is 19.1. The van der Waals surface area contributed by atoms with Crippen LogP contribution >= 0.6 is 0 Å². The van der Waals surface area contributed by atoms with Crippen LogP contribution in [-0.4, -0.2) is 9.97 Å². The van der Waals surface area contributed by atoms with Gasteiger partial charge in [0.2, 0.25) is 5.95 Å². The molecular weight excluding hydrogens is 291 g/mol. The van der Waals surface area contributed by atoms with Gasteiger partial charge in [0.15, 0.2) is 0 Å². The summed E-state index contributed by atoms with van der Waals surface area (Å²) in [5.41, 5.74) is 3.16. The quantitative estimate of drug-likeness (QED) is 0.738. The molecule has 0 fully saturated rings. The zero-order chi connectivity index (χ0) is 16.1. The van der Waals surface area contributed by atoms with E-state index < -0.39 is 0 Å². The summed E-state index contributed by atoms with van der Waals surface area (Å²) in [6.45, 7) is 2.75. The second-order valence-corrected chi connectivity index (χ2v) is 5.24. The van der Waals surface area contributed by atoms with Gasteiger partial charge in [0, 0.05) is 18.4 Å². The second kappa shape index (κ2) is 6.87. The van der Waals surface area contributed by atoms with E-state index in [1.165, 1.54) is 23.3 Å². The molecule has 0 bridgehead atoms. The summed E-state index contributed by atoms with van der Waals surface area (Å²) in [4.78, 5) is 8.56. The third-order valence-electron chi connectivity index (χ3n) is 3.35. The summed E-state index contributed by atoms with van der Waals surface area (Å²) in [7, 11) is 0. The van der Waals surface area contributed by atoms with Gasteiger partial charge in [-0.1, -0.05) is 29.8 Å². The molecule has 5 heteroatoms. The van der Waals surface area contributed by atoms with Crippen LogP contribution in [0.5, 0.6) is 0 Å². The average Bonchev–Trinajstić information content (AvgIpc) is 2.57. The summed E-state index contributed by atoms with van der Waals surface area (Å²) >= 11 is 0. The highest BCUT2D eigenvalue weighted by Crippen LogP contribution is 2.15. The molecule has 0 amide bonds. The molecule has 0 radical (unpaired) electrons. The normalized spacial score (nSPS) is 10.3. The van der Waals surface area contributed by atoms with E-state index in [-0.39, 0.29) is 5.82 Å². The molecule has 0 aliphatic heterocycles. The SMILES string of the molecule is Cc1ccc(CNc2ccnc(Nc3ccc(F)cc3)n2)cc1. The predicted molar refractivity (Wildman–Crippen MR) is 90.2 cm³/mol. The number of rotatable bonds is 5. The summed E-state index contributed by atoms with van der Waals surface area (Å²) < 4.78 is 12.9. The molecule has 2 N–H and O–H groups in total. The molecule has 0 atom stereocenters. The van der Waals surface area contributed by atoms with Crippen LogP contribution in [0.3, 0.4) is 0 Å². The number of benzene rings is 2. The van der Waals surface area contributed by atoms with Crippen molar-refractivity contribution in [1.82, 2.24) is 9.97 Å². The van der Waals surface area contributed by atoms with Gasteiger partial charge in [-0.05, 0) is 42.8 Å². The number of aromatic nitrogens is 2. The lowest BCUT2D eigenvalue weighted by atomic mass is 10.1. The van der Waals surface area contributed by atoms with Crippen LogP contribution < -0.4 is 10.6 Å². The standard InChI is InChI=1S/C18H17FN4/c1-13-2-4-14(5-3-13)12-21-17-10-11-20-18(23-17)22-16-8-6-15(19)7-9-16/h2-11H,12H2,1H3,(H2,20,21,22,23). The predicted octanol–water partition coefficient (Wildman–Crippen LogP) is 4.28. The summed E-state index contributed by atoms with van der Waals surface area (Å²) in [6.07, 6.45) is 1.68. The molecule has 0 saturated heterocycles. The fourth-order valence-electron chi connectivity index (χ4n) is 2.08. The van der Waals surface area contributed by atoms with Gasteiger partial charge < -0.3 is 10.6 Å². The fraction of sp³-hybridized carbons (Fsp3) is 0.111. The van der Waals surface area contributed by atoms with Crippen LogP contribution in [0, 0.1) is 12.7 Å². The third-order valence-corrected chi connectivity index (χ3v) is 3.35. The summed E-state index contributed by atoms with van der Waals surface area (Å²) in [5, 5.41) is 6.31. The van der Waals surface area contributed by atoms with Crippen molar-refractivity contribution in [3.8, 4) is 0 Å². The van der Waals surface area contributed by atoms with Gasteiger partial charge in [0.05, 0.1) is 0 Å². The van der Waals surface area contributed by atoms with E-state index in [1.54, 1.807) is 18.3 Å². The zero-order valence-electron chi connectivity index (χ0n) is 12.8. The Morgan fingerprint density at radius 2 is 1.70 bits per heavy atom. The lowest BCUT2D eigenvalue weighted by molar-refractivity contribution is 0.628. The van der Waals surface area contributed by atoms with Crippen LogP contribution in [0.1, 0.15) is 11.1 Å². The Balaban J connectivity index is 1.65. The van der Waals surface area contributed by atoms with E-state index in [4.69, 9.17) is 0 Å². The number of nitrogens with one attached hydrogen (secondary N) is 2. The van der Waals surface area contributed by atoms with Gasteiger partial charge in [0.1, 0.15) is 11.6 Å². The summed E-state index contributed by atoms with van der Waals surface area (Å²) in [6, 6.07) is 16.2. The van der Waals surface area contributed by atoms with E-state index in [9.17, 15) is 4.39 Å². The summed E-state index contributed by atoms with van der Waals surface area (Å²) in [5.74, 6) is 0.917. The first-order valence-electron chi connectivity index (χ1n) is 7.34. The van der Waals surface area contributed by atoms with Gasteiger partial charge >= 0.3 is 0 Å². The van der Waals surface area contributed by atoms with Crippen LogP contribution in [-0.2, 0) is 6.54 Å². The molecule has 1 heterocycles. The Morgan fingerprint density at radius 3 is 2.43 bits per heavy atom. The Bertz CT molecular complexity index is 770. The van der Waals surface area contributed by atoms with Gasteiger partial charge in [-0.25, -0.2) is 9.37 Å². The molecule has 23 heavy (non-hydrogen) atoms. The molecule has 3 rings (SSSR count). The number of halogens is 1. The van der Waals surface area contributed by atoms with Gasteiger partial charge in [-0.3, -0.25) is 0 Å². The van der Waals surface area contributed by atoms with E-state index in [0.717, 1.165) is 11.5 Å². The smallest absolute Gasteiger partial charge is 0.229 e. The molecule has 3 aromatic rings. The van der Waals surface area contributed by atoms with E-state index >= 15 is 0 Å². The van der Waals surface area contributed by atoms with E-state index in [1.807, 2.05) is 6.07 Å². The molecule has 0 aliphatic rings. The average molecular weight is 308 g/mol. The van der Waals surface area contributed by atoms with Crippen molar-refractivity contribution in [3.05, 3.63) is 77.7 Å². The number of nitrogens with zero attached hydrogens (tertiary/aromatic N) is 2. The molecule has 0 unspecified atom stereocenters. The maximum atomic E-state index is 12.9. The molecule has 0 saturated carbocycles. The third kappa shape index (κ3) is 4.26. The van der Waals surface area contributed by atoms with Gasteiger partial charge in [-0.2, -0.15) is 4.98 Å². The van der Waals surface area contributed by atoms with Crippen molar-refractivity contribution in [2.24, 2.45) is 0 Å². The topological polar surface area (TPSA) is 49.8 Å². The molecule has 0 spiro atoms. The van der Waals surface area contributed by atoms with Gasteiger partial charge in [-0.15, -0.1) is 0 Å². The number of anilines is 3. The van der Waals surface area contributed by atoms with Crippen LogP contribution in [0.2, 0.25) is 0 Å². The number of aryl methyl sites for hydroxylation is 1. The van der Waals surface area contributed by atoms with Crippen molar-refractivity contribution in [1.29, 1.82) is 0 Å². The first-order chi connectivity index (χ1) is 11.2. The lowest BCUT2D eigenvalue weighted by Crippen LogP contribution is -2.04. The van der Waals surface area contributed by atoms with Crippen LogP contribution in [0.4, 0.5) is 21.8 Å². The monoisotopic (exact) mass is 308 g/mol. The lowest BCUT2D eigenvalue weighted by Gasteiger charge is -2.08. The molecule has 0 aliphatic carbocycles. The van der Waals surface area contributed by atoms with Crippen LogP contribution in [0.15, 0.2) is 60.8 Å². The molecule has 2 aromatic carbocycles. The Labute approximate surface area is 134 Å². The first-order valence-corrected chi connectivity index (χ1v) is 7.34. The minimum Gasteiger partial charge on any atom is -0.366 e. The van der Waals surface area contributed by atoms with Crippen molar-refractivity contribution in [3.63, 3.8) is 0 Å². The van der Waals surface area contributed by atoms with E-state index in [2.05, 4.69) is 51.8 Å². The minimum absolute atomic E-state index is 0.273. The molecule has 1 aromatic heterocycles. The van der Waals surface area contributed by atoms with E-state index in [0.29, 0.717) is 12.5 Å². The maximum absolute atomic E-state index is 12.9. The van der Waals surface area contributed by atoms with Crippen molar-refractivity contribution in [2.45, 2.75) is 13.5 Å². The Morgan fingerprint density at radius 1 is 0.957 bits per heavy atom. The minimum atomic E-state index is -0.273. The van der Waals surface area contributed by atoms with Crippen molar-refractivity contribution < 1.29 is 4.39 Å². The van der Waals surface area contributed by atoms with Crippen molar-refractivity contribution >= 4 is 17.5 Å². The molecular formula is C18H17FN4. The highest BCUT2D eigenvalue weighted by Gasteiger charge is 2.01.